The van der Waals surface area contributed by atoms with Gasteiger partial charge in [0.15, 0.2) is 5.75 Å². The van der Waals surface area contributed by atoms with Crippen LogP contribution in [0, 0.1) is 0 Å². The van der Waals surface area contributed by atoms with Crippen molar-refractivity contribution in [3.8, 4) is 5.75 Å². The van der Waals surface area contributed by atoms with Crippen LogP contribution in [0.1, 0.15) is 10.4 Å². The summed E-state index contributed by atoms with van der Waals surface area (Å²) in [5.41, 5.74) is -0.390. The van der Waals surface area contributed by atoms with Crippen LogP contribution in [0.3, 0.4) is 0 Å². The molecule has 1 aromatic carbocycles. The Bertz CT molecular complexity index is 515. The van der Waals surface area contributed by atoms with Gasteiger partial charge in [-0.2, -0.15) is 0 Å². The molecule has 0 fully saturated rings. The van der Waals surface area contributed by atoms with Crippen LogP contribution in [0.2, 0.25) is 0 Å². The number of carbonyl (C=O) groups is 3. The SMILES string of the molecule is CNC(=O)CNC(=O)Nc1cccc(C(=O)O)c1O. The lowest BCUT2D eigenvalue weighted by atomic mass is 10.2. The molecular weight excluding hydrogens is 254 g/mol. The zero-order valence-corrected chi connectivity index (χ0v) is 10.1. The van der Waals surface area contributed by atoms with Gasteiger partial charge >= 0.3 is 12.0 Å². The molecule has 1 rings (SSSR count). The number of aromatic carboxylic acids is 1. The Balaban J connectivity index is 2.72. The van der Waals surface area contributed by atoms with Crippen molar-refractivity contribution in [2.45, 2.75) is 0 Å². The molecule has 0 saturated heterocycles. The van der Waals surface area contributed by atoms with Crippen molar-refractivity contribution in [3.63, 3.8) is 0 Å². The highest BCUT2D eigenvalue weighted by Crippen LogP contribution is 2.27. The second-order valence-electron chi connectivity index (χ2n) is 3.49. The molecule has 0 unspecified atom stereocenters. The normalized spacial score (nSPS) is 9.53. The molecular formula is C11H13N3O5. The summed E-state index contributed by atoms with van der Waals surface area (Å²) in [6, 6.07) is 3.17. The molecule has 0 heterocycles. The number of likely N-dealkylation sites (N-methyl/N-ethyl adjacent to an activating group) is 1. The second kappa shape index (κ2) is 6.24. The van der Waals surface area contributed by atoms with E-state index in [1.807, 2.05) is 0 Å². The molecule has 1 aromatic rings. The van der Waals surface area contributed by atoms with E-state index in [4.69, 9.17) is 5.11 Å². The first-order valence-corrected chi connectivity index (χ1v) is 5.26. The topological polar surface area (TPSA) is 128 Å². The minimum atomic E-state index is -1.31. The summed E-state index contributed by atoms with van der Waals surface area (Å²) in [7, 11) is 1.42. The van der Waals surface area contributed by atoms with Crippen molar-refractivity contribution in [1.29, 1.82) is 0 Å². The van der Waals surface area contributed by atoms with Crippen LogP contribution < -0.4 is 16.0 Å². The van der Waals surface area contributed by atoms with Gasteiger partial charge in [-0.1, -0.05) is 6.07 Å². The van der Waals surface area contributed by atoms with Gasteiger partial charge < -0.3 is 26.2 Å². The van der Waals surface area contributed by atoms with Gasteiger partial charge in [0.2, 0.25) is 5.91 Å². The monoisotopic (exact) mass is 267 g/mol. The van der Waals surface area contributed by atoms with Gasteiger partial charge in [-0.25, -0.2) is 9.59 Å². The summed E-state index contributed by atoms with van der Waals surface area (Å²) in [5, 5.41) is 25.2. The Morgan fingerprint density at radius 1 is 1.26 bits per heavy atom. The Kier molecular flexibility index (Phi) is 4.69. The molecule has 0 saturated carbocycles. The molecule has 0 aromatic heterocycles. The van der Waals surface area contributed by atoms with Crippen LogP contribution in [0.15, 0.2) is 18.2 Å². The molecule has 0 bridgehead atoms. The quantitative estimate of drug-likeness (QED) is 0.489. The Labute approximate surface area is 108 Å². The lowest BCUT2D eigenvalue weighted by Crippen LogP contribution is -2.37. The molecule has 0 aliphatic heterocycles. The maximum atomic E-state index is 11.4. The summed E-state index contributed by atoms with van der Waals surface area (Å²) >= 11 is 0. The highest BCUT2D eigenvalue weighted by Gasteiger charge is 2.14. The smallest absolute Gasteiger partial charge is 0.339 e. The number of amides is 3. The van der Waals surface area contributed by atoms with Gasteiger partial charge in [0, 0.05) is 7.05 Å². The van der Waals surface area contributed by atoms with Crippen LogP contribution >= 0.6 is 0 Å². The van der Waals surface area contributed by atoms with Crippen molar-refractivity contribution >= 4 is 23.6 Å². The van der Waals surface area contributed by atoms with Crippen molar-refractivity contribution in [1.82, 2.24) is 10.6 Å². The molecule has 0 spiro atoms. The summed E-state index contributed by atoms with van der Waals surface area (Å²) in [6.07, 6.45) is 0. The molecule has 0 aliphatic rings. The number of benzene rings is 1. The summed E-state index contributed by atoms with van der Waals surface area (Å²) < 4.78 is 0. The number of anilines is 1. The fraction of sp³-hybridized carbons (Fsp3) is 0.182. The van der Waals surface area contributed by atoms with E-state index in [1.54, 1.807) is 0 Å². The number of carbonyl (C=O) groups excluding carboxylic acids is 2. The van der Waals surface area contributed by atoms with Crippen LogP contribution in [0.5, 0.6) is 5.75 Å². The molecule has 8 nitrogen and oxygen atoms in total. The lowest BCUT2D eigenvalue weighted by molar-refractivity contribution is -0.119. The van der Waals surface area contributed by atoms with Crippen molar-refractivity contribution in [2.24, 2.45) is 0 Å². The molecule has 5 N–H and O–H groups in total. The first kappa shape index (κ1) is 14.3. The Morgan fingerprint density at radius 2 is 1.95 bits per heavy atom. The zero-order chi connectivity index (χ0) is 14.4. The summed E-state index contributed by atoms with van der Waals surface area (Å²) in [6.45, 7) is -0.234. The molecule has 8 heteroatoms. The number of hydrogen-bond donors (Lipinski definition) is 5. The zero-order valence-electron chi connectivity index (χ0n) is 10.1. The standard InChI is InChI=1S/C11H13N3O5/c1-12-8(15)5-13-11(19)14-7-4-2-3-6(9(7)16)10(17)18/h2-4,16H,5H2,1H3,(H,12,15)(H,17,18)(H2,13,14,19). The third kappa shape index (κ3) is 3.87. The molecule has 0 aliphatic carbocycles. The van der Waals surface area contributed by atoms with E-state index in [1.165, 1.54) is 25.2 Å². The number of aromatic hydroxyl groups is 1. The predicted octanol–water partition coefficient (Wildman–Crippen LogP) is -0.0421. The van der Waals surface area contributed by atoms with Crippen LogP contribution in [0.25, 0.3) is 0 Å². The number of hydrogen-bond acceptors (Lipinski definition) is 4. The van der Waals surface area contributed by atoms with Crippen molar-refractivity contribution in [2.75, 3.05) is 18.9 Å². The second-order valence-corrected chi connectivity index (χ2v) is 3.49. The lowest BCUT2D eigenvalue weighted by Gasteiger charge is -2.09. The number of carboxylic acid groups (broad SMARTS) is 1. The number of phenols is 1. The van der Waals surface area contributed by atoms with Gasteiger partial charge in [0.25, 0.3) is 0 Å². The molecule has 102 valence electrons. The Hall–Kier alpha value is -2.77. The number of nitrogens with one attached hydrogen (secondary N) is 3. The van der Waals surface area contributed by atoms with Crippen LogP contribution in [-0.2, 0) is 4.79 Å². The predicted molar refractivity (Wildman–Crippen MR) is 66.2 cm³/mol. The molecule has 3 amide bonds. The van der Waals surface area contributed by atoms with Crippen LogP contribution in [0.4, 0.5) is 10.5 Å². The number of urea groups is 1. The first-order valence-electron chi connectivity index (χ1n) is 5.26. The highest BCUT2D eigenvalue weighted by molar-refractivity contribution is 5.98. The number of rotatable bonds is 4. The third-order valence-corrected chi connectivity index (χ3v) is 2.20. The highest BCUT2D eigenvalue weighted by atomic mass is 16.4. The molecule has 0 radical (unpaired) electrons. The number of carboxylic acids is 1. The molecule has 0 atom stereocenters. The van der Waals surface area contributed by atoms with Gasteiger partial charge in [-0.3, -0.25) is 4.79 Å². The van der Waals surface area contributed by atoms with E-state index in [0.717, 1.165) is 0 Å². The van der Waals surface area contributed by atoms with Crippen molar-refractivity contribution < 1.29 is 24.6 Å². The van der Waals surface area contributed by atoms with Gasteiger partial charge in [-0.05, 0) is 12.1 Å². The van der Waals surface area contributed by atoms with Crippen molar-refractivity contribution in [3.05, 3.63) is 23.8 Å². The van der Waals surface area contributed by atoms with E-state index in [0.29, 0.717) is 0 Å². The number of para-hydroxylation sites is 1. The largest absolute Gasteiger partial charge is 0.505 e. The van der Waals surface area contributed by atoms with Gasteiger partial charge in [0.1, 0.15) is 5.56 Å². The first-order chi connectivity index (χ1) is 8.95. The van der Waals surface area contributed by atoms with Gasteiger partial charge in [0.05, 0.1) is 12.2 Å². The average Bonchev–Trinajstić information content (AvgIpc) is 2.38. The van der Waals surface area contributed by atoms with E-state index in [9.17, 15) is 19.5 Å². The maximum absolute atomic E-state index is 11.4. The fourth-order valence-electron chi connectivity index (χ4n) is 1.23. The fourth-order valence-corrected chi connectivity index (χ4v) is 1.23. The van der Waals surface area contributed by atoms with E-state index >= 15 is 0 Å². The van der Waals surface area contributed by atoms with E-state index in [-0.39, 0.29) is 17.8 Å². The van der Waals surface area contributed by atoms with Crippen LogP contribution in [-0.4, -0.2) is 41.7 Å². The van der Waals surface area contributed by atoms with Gasteiger partial charge in [-0.15, -0.1) is 0 Å². The molecule has 19 heavy (non-hydrogen) atoms. The van der Waals surface area contributed by atoms with E-state index < -0.39 is 23.7 Å². The van der Waals surface area contributed by atoms with E-state index in [2.05, 4.69) is 16.0 Å². The summed E-state index contributed by atoms with van der Waals surface area (Å²) in [5.74, 6) is -2.25. The minimum absolute atomic E-state index is 0.0608. The average molecular weight is 267 g/mol. The summed E-state index contributed by atoms with van der Waals surface area (Å²) in [4.78, 5) is 33.1. The maximum Gasteiger partial charge on any atom is 0.339 e. The third-order valence-electron chi connectivity index (χ3n) is 2.20. The minimum Gasteiger partial charge on any atom is -0.505 e. The Morgan fingerprint density at radius 3 is 2.53 bits per heavy atom.